The summed E-state index contributed by atoms with van der Waals surface area (Å²) in [6.07, 6.45) is 3.79. The molecule has 0 saturated carbocycles. The highest BCUT2D eigenvalue weighted by Gasteiger charge is 2.19. The van der Waals surface area contributed by atoms with Crippen LogP contribution in [0.25, 0.3) is 0 Å². The Morgan fingerprint density at radius 1 is 1.39 bits per heavy atom. The minimum atomic E-state index is 0. The molecule has 2 N–H and O–H groups in total. The Morgan fingerprint density at radius 3 is 2.94 bits per heavy atom. The summed E-state index contributed by atoms with van der Waals surface area (Å²) < 4.78 is 0. The van der Waals surface area contributed by atoms with Gasteiger partial charge < -0.3 is 5.73 Å². The maximum atomic E-state index is 6.01. The summed E-state index contributed by atoms with van der Waals surface area (Å²) in [7, 11) is 0. The van der Waals surface area contributed by atoms with Crippen molar-refractivity contribution in [2.75, 3.05) is 19.6 Å². The normalized spacial score (nSPS) is 20.4. The molecule has 2 rings (SSSR count). The third kappa shape index (κ3) is 4.77. The molecule has 1 unspecified atom stereocenters. The van der Waals surface area contributed by atoms with Crippen LogP contribution < -0.4 is 5.73 Å². The van der Waals surface area contributed by atoms with Gasteiger partial charge in [-0.25, -0.2) is 0 Å². The van der Waals surface area contributed by atoms with Crippen molar-refractivity contribution in [2.45, 2.75) is 25.8 Å². The van der Waals surface area contributed by atoms with Crippen LogP contribution in [0, 0.1) is 5.92 Å². The molecule has 4 heteroatoms. The first kappa shape index (κ1) is 15.8. The van der Waals surface area contributed by atoms with Crippen LogP contribution in [0.1, 0.15) is 24.8 Å². The van der Waals surface area contributed by atoms with E-state index in [4.69, 9.17) is 17.3 Å². The van der Waals surface area contributed by atoms with E-state index in [2.05, 4.69) is 17.0 Å². The average Bonchev–Trinajstić information content (AvgIpc) is 2.30. The largest absolute Gasteiger partial charge is 0.330 e. The minimum absolute atomic E-state index is 0. The smallest absolute Gasteiger partial charge is 0.0409 e. The van der Waals surface area contributed by atoms with Gasteiger partial charge in [-0.3, -0.25) is 4.90 Å². The Morgan fingerprint density at radius 2 is 2.22 bits per heavy atom. The lowest BCUT2D eigenvalue weighted by atomic mass is 9.94. The van der Waals surface area contributed by atoms with Crippen LogP contribution in [0.15, 0.2) is 24.3 Å². The number of nitrogens with two attached hydrogens (primary N) is 1. The quantitative estimate of drug-likeness (QED) is 0.921. The standard InChI is InChI=1S/C14H21ClN2.ClH/c15-14-5-1-3-13(9-14)11-17-8-2-4-12(10-17)6-7-16;/h1,3,5,9,12H,2,4,6-8,10-11,16H2;1H. The van der Waals surface area contributed by atoms with E-state index in [1.807, 2.05) is 12.1 Å². The molecular weight excluding hydrogens is 267 g/mol. The molecular formula is C14H22Cl2N2. The van der Waals surface area contributed by atoms with Gasteiger partial charge in [-0.15, -0.1) is 12.4 Å². The van der Waals surface area contributed by atoms with E-state index in [0.29, 0.717) is 0 Å². The van der Waals surface area contributed by atoms with Gasteiger partial charge in [0.05, 0.1) is 0 Å². The predicted molar refractivity (Wildman–Crippen MR) is 80.4 cm³/mol. The van der Waals surface area contributed by atoms with Crippen LogP contribution in [0.3, 0.4) is 0 Å². The van der Waals surface area contributed by atoms with Crippen LogP contribution in [-0.4, -0.2) is 24.5 Å². The summed E-state index contributed by atoms with van der Waals surface area (Å²) >= 11 is 6.01. The summed E-state index contributed by atoms with van der Waals surface area (Å²) in [5.74, 6) is 0.785. The number of hydrogen-bond acceptors (Lipinski definition) is 2. The highest BCUT2D eigenvalue weighted by atomic mass is 35.5. The third-order valence-electron chi connectivity index (χ3n) is 3.47. The van der Waals surface area contributed by atoms with Gasteiger partial charge in [0.1, 0.15) is 0 Å². The SMILES string of the molecule is Cl.NCCC1CCCN(Cc2cccc(Cl)c2)C1. The first-order chi connectivity index (χ1) is 8.28. The molecule has 18 heavy (non-hydrogen) atoms. The van der Waals surface area contributed by atoms with Crippen molar-refractivity contribution in [3.63, 3.8) is 0 Å². The van der Waals surface area contributed by atoms with Crippen molar-refractivity contribution in [2.24, 2.45) is 11.7 Å². The fraction of sp³-hybridized carbons (Fsp3) is 0.571. The Bertz CT molecular complexity index is 355. The zero-order chi connectivity index (χ0) is 12.1. The second kappa shape index (κ2) is 8.00. The lowest BCUT2D eigenvalue weighted by Crippen LogP contribution is -2.35. The maximum absolute atomic E-state index is 6.01. The van der Waals surface area contributed by atoms with Gasteiger partial charge >= 0.3 is 0 Å². The molecule has 0 aromatic heterocycles. The van der Waals surface area contributed by atoms with E-state index in [9.17, 15) is 0 Å². The van der Waals surface area contributed by atoms with Crippen LogP contribution in [0.2, 0.25) is 5.02 Å². The summed E-state index contributed by atoms with van der Waals surface area (Å²) in [4.78, 5) is 2.52. The Balaban J connectivity index is 0.00000162. The van der Waals surface area contributed by atoms with Gasteiger partial charge in [-0.05, 0) is 56.0 Å². The van der Waals surface area contributed by atoms with Crippen LogP contribution >= 0.6 is 24.0 Å². The zero-order valence-electron chi connectivity index (χ0n) is 10.6. The van der Waals surface area contributed by atoms with E-state index in [0.717, 1.165) is 30.5 Å². The molecule has 0 spiro atoms. The fourth-order valence-corrected chi connectivity index (χ4v) is 2.87. The van der Waals surface area contributed by atoms with E-state index >= 15 is 0 Å². The molecule has 1 aliphatic heterocycles. The molecule has 1 heterocycles. The highest BCUT2D eigenvalue weighted by Crippen LogP contribution is 2.21. The Kier molecular flexibility index (Phi) is 7.02. The fourth-order valence-electron chi connectivity index (χ4n) is 2.66. The van der Waals surface area contributed by atoms with Gasteiger partial charge in [-0.1, -0.05) is 23.7 Å². The van der Waals surface area contributed by atoms with E-state index in [1.54, 1.807) is 0 Å². The van der Waals surface area contributed by atoms with Crippen molar-refractivity contribution in [3.8, 4) is 0 Å². The van der Waals surface area contributed by atoms with Crippen molar-refractivity contribution < 1.29 is 0 Å². The molecule has 102 valence electrons. The first-order valence-corrected chi connectivity index (χ1v) is 6.82. The molecule has 1 aliphatic rings. The lowest BCUT2D eigenvalue weighted by molar-refractivity contribution is 0.163. The van der Waals surface area contributed by atoms with Gasteiger partial charge in [0.2, 0.25) is 0 Å². The molecule has 0 radical (unpaired) electrons. The summed E-state index contributed by atoms with van der Waals surface area (Å²) in [6, 6.07) is 8.17. The van der Waals surface area contributed by atoms with Gasteiger partial charge in [0, 0.05) is 18.1 Å². The first-order valence-electron chi connectivity index (χ1n) is 6.45. The van der Waals surface area contributed by atoms with Crippen LogP contribution in [0.4, 0.5) is 0 Å². The van der Waals surface area contributed by atoms with E-state index in [1.165, 1.54) is 31.5 Å². The average molecular weight is 289 g/mol. The number of rotatable bonds is 4. The molecule has 1 atom stereocenters. The lowest BCUT2D eigenvalue weighted by Gasteiger charge is -2.32. The number of hydrogen-bond donors (Lipinski definition) is 1. The van der Waals surface area contributed by atoms with Crippen molar-refractivity contribution >= 4 is 24.0 Å². The molecule has 0 amide bonds. The summed E-state index contributed by atoms with van der Waals surface area (Å²) in [5, 5.41) is 0.831. The van der Waals surface area contributed by atoms with Gasteiger partial charge in [0.25, 0.3) is 0 Å². The van der Waals surface area contributed by atoms with Crippen molar-refractivity contribution in [1.29, 1.82) is 0 Å². The second-order valence-corrected chi connectivity index (χ2v) is 5.39. The molecule has 1 fully saturated rings. The number of nitrogens with zero attached hydrogens (tertiary/aromatic N) is 1. The zero-order valence-corrected chi connectivity index (χ0v) is 12.2. The molecule has 0 aliphatic carbocycles. The van der Waals surface area contributed by atoms with Gasteiger partial charge in [0.15, 0.2) is 0 Å². The predicted octanol–water partition coefficient (Wildman–Crippen LogP) is 3.32. The number of halogens is 2. The van der Waals surface area contributed by atoms with Crippen molar-refractivity contribution in [1.82, 2.24) is 4.90 Å². The molecule has 2 nitrogen and oxygen atoms in total. The van der Waals surface area contributed by atoms with Crippen LogP contribution in [-0.2, 0) is 6.54 Å². The van der Waals surface area contributed by atoms with Gasteiger partial charge in [-0.2, -0.15) is 0 Å². The summed E-state index contributed by atoms with van der Waals surface area (Å²) in [5.41, 5.74) is 6.95. The monoisotopic (exact) mass is 288 g/mol. The Labute approximate surface area is 121 Å². The molecule has 1 aromatic carbocycles. The van der Waals surface area contributed by atoms with Crippen LogP contribution in [0.5, 0.6) is 0 Å². The summed E-state index contributed by atoms with van der Waals surface area (Å²) in [6.45, 7) is 4.22. The third-order valence-corrected chi connectivity index (χ3v) is 3.71. The number of likely N-dealkylation sites (tertiary alicyclic amines) is 1. The second-order valence-electron chi connectivity index (χ2n) is 4.95. The minimum Gasteiger partial charge on any atom is -0.330 e. The molecule has 1 saturated heterocycles. The maximum Gasteiger partial charge on any atom is 0.0409 e. The van der Waals surface area contributed by atoms with E-state index in [-0.39, 0.29) is 12.4 Å². The number of benzene rings is 1. The topological polar surface area (TPSA) is 29.3 Å². The Hall–Kier alpha value is -0.280. The molecule has 0 bridgehead atoms. The molecule has 1 aromatic rings. The van der Waals surface area contributed by atoms with Crippen molar-refractivity contribution in [3.05, 3.63) is 34.9 Å². The highest BCUT2D eigenvalue weighted by molar-refractivity contribution is 6.30. The number of piperidine rings is 1. The van der Waals surface area contributed by atoms with E-state index < -0.39 is 0 Å².